The third-order valence-electron chi connectivity index (χ3n) is 6.32. The Morgan fingerprint density at radius 3 is 2.44 bits per heavy atom. The summed E-state index contributed by atoms with van der Waals surface area (Å²) in [7, 11) is 4.12. The number of carbonyl (C=O) groups excluding carboxylic acids is 1. The Morgan fingerprint density at radius 1 is 1.22 bits per heavy atom. The third kappa shape index (κ3) is 3.98. The summed E-state index contributed by atoms with van der Waals surface area (Å²) in [4.78, 5) is 18.3. The van der Waals surface area contributed by atoms with E-state index in [1.807, 2.05) is 25.1 Å². The molecule has 2 aliphatic heterocycles. The minimum atomic E-state index is -0.452. The van der Waals surface area contributed by atoms with Crippen molar-refractivity contribution in [1.29, 1.82) is 0 Å². The summed E-state index contributed by atoms with van der Waals surface area (Å²) in [5, 5.41) is 11.2. The fourth-order valence-electron chi connectivity index (χ4n) is 4.75. The number of β-amino-alcohol motifs (C(OH)–C–C–N with tert-alkyl or cyclic N) is 1. The Labute approximate surface area is 162 Å². The zero-order valence-corrected chi connectivity index (χ0v) is 16.8. The molecule has 0 radical (unpaired) electrons. The van der Waals surface area contributed by atoms with Crippen molar-refractivity contribution in [2.45, 2.75) is 43.9 Å². The minimum Gasteiger partial charge on any atom is -0.450 e. The van der Waals surface area contributed by atoms with Crippen molar-refractivity contribution >= 4 is 6.09 Å². The van der Waals surface area contributed by atoms with E-state index in [0.717, 1.165) is 38.9 Å². The zero-order valence-electron chi connectivity index (χ0n) is 16.8. The number of benzene rings is 1. The number of ether oxygens (including phenoxy) is 1. The molecule has 0 unspecified atom stereocenters. The molecule has 2 saturated heterocycles. The van der Waals surface area contributed by atoms with Crippen LogP contribution in [-0.2, 0) is 10.3 Å². The van der Waals surface area contributed by atoms with Gasteiger partial charge in [-0.2, -0.15) is 0 Å². The number of aliphatic hydroxyl groups is 1. The lowest BCUT2D eigenvalue weighted by Gasteiger charge is -2.52. The summed E-state index contributed by atoms with van der Waals surface area (Å²) in [6, 6.07) is 10.8. The first kappa shape index (κ1) is 20.1. The molecule has 2 aliphatic rings. The smallest absolute Gasteiger partial charge is 0.409 e. The highest BCUT2D eigenvalue weighted by Crippen LogP contribution is 2.38. The number of likely N-dealkylation sites (N-methyl/N-ethyl adjacent to an activating group) is 1. The molecule has 0 aromatic heterocycles. The lowest BCUT2D eigenvalue weighted by molar-refractivity contribution is -0.0824. The van der Waals surface area contributed by atoms with E-state index in [0.29, 0.717) is 19.2 Å². The Morgan fingerprint density at radius 2 is 1.89 bits per heavy atom. The van der Waals surface area contributed by atoms with Gasteiger partial charge in [0.2, 0.25) is 0 Å². The summed E-state index contributed by atoms with van der Waals surface area (Å²) < 4.78 is 5.11. The number of carbonyl (C=O) groups is 1. The molecule has 0 bridgehead atoms. The molecule has 2 atom stereocenters. The summed E-state index contributed by atoms with van der Waals surface area (Å²) in [6.45, 7) is 5.33. The van der Waals surface area contributed by atoms with Gasteiger partial charge in [0.25, 0.3) is 0 Å². The van der Waals surface area contributed by atoms with E-state index < -0.39 is 6.10 Å². The van der Waals surface area contributed by atoms with Crippen LogP contribution < -0.4 is 0 Å². The largest absolute Gasteiger partial charge is 0.450 e. The van der Waals surface area contributed by atoms with Crippen molar-refractivity contribution < 1.29 is 14.6 Å². The van der Waals surface area contributed by atoms with Crippen molar-refractivity contribution in [3.63, 3.8) is 0 Å². The average molecular weight is 376 g/mol. The molecule has 6 nitrogen and oxygen atoms in total. The fourth-order valence-corrected chi connectivity index (χ4v) is 4.75. The van der Waals surface area contributed by atoms with Crippen molar-refractivity contribution in [2.75, 3.05) is 46.9 Å². The highest BCUT2D eigenvalue weighted by molar-refractivity contribution is 5.67. The molecule has 1 amide bonds. The lowest BCUT2D eigenvalue weighted by atomic mass is 9.77. The number of amides is 1. The highest BCUT2D eigenvalue weighted by Gasteiger charge is 2.46. The molecular formula is C21H33N3O3. The number of hydrogen-bond donors (Lipinski definition) is 1. The van der Waals surface area contributed by atoms with Crippen molar-refractivity contribution in [2.24, 2.45) is 0 Å². The predicted molar refractivity (Wildman–Crippen MR) is 106 cm³/mol. The second-order valence-electron chi connectivity index (χ2n) is 7.86. The monoisotopic (exact) mass is 375 g/mol. The highest BCUT2D eigenvalue weighted by atomic mass is 16.6. The summed E-state index contributed by atoms with van der Waals surface area (Å²) in [5.41, 5.74) is 0.836. The van der Waals surface area contributed by atoms with Crippen molar-refractivity contribution in [3.8, 4) is 0 Å². The van der Waals surface area contributed by atoms with Gasteiger partial charge in [-0.3, -0.25) is 9.80 Å². The van der Waals surface area contributed by atoms with Gasteiger partial charge in [-0.25, -0.2) is 4.79 Å². The average Bonchev–Trinajstić information content (AvgIpc) is 2.69. The van der Waals surface area contributed by atoms with Gasteiger partial charge in [0, 0.05) is 32.2 Å². The van der Waals surface area contributed by atoms with Crippen molar-refractivity contribution in [3.05, 3.63) is 35.9 Å². The van der Waals surface area contributed by atoms with Gasteiger partial charge in [0.05, 0.1) is 18.2 Å². The van der Waals surface area contributed by atoms with E-state index in [9.17, 15) is 9.90 Å². The van der Waals surface area contributed by atoms with Gasteiger partial charge in [-0.1, -0.05) is 30.3 Å². The number of aliphatic hydroxyl groups excluding tert-OH is 1. The standard InChI is InChI=1S/C21H33N3O3/c1-4-27-20(26)23-13-10-18(11-14-23)24-15-12-21(22(2)3,19(25)16-24)17-8-6-5-7-9-17/h5-9,18-19,25H,4,10-16H2,1-3H3/t19-,21+/m1/s1. The second kappa shape index (κ2) is 8.59. The first-order valence-corrected chi connectivity index (χ1v) is 10.1. The maximum Gasteiger partial charge on any atom is 0.409 e. The topological polar surface area (TPSA) is 56.2 Å². The molecular weight excluding hydrogens is 342 g/mol. The quantitative estimate of drug-likeness (QED) is 0.874. The van der Waals surface area contributed by atoms with E-state index in [2.05, 4.69) is 36.0 Å². The Balaban J connectivity index is 1.64. The van der Waals surface area contributed by atoms with Crippen LogP contribution in [0, 0.1) is 0 Å². The number of rotatable bonds is 4. The summed E-state index contributed by atoms with van der Waals surface area (Å²) in [6.07, 6.45) is 2.11. The number of hydrogen-bond acceptors (Lipinski definition) is 5. The van der Waals surface area contributed by atoms with Gasteiger partial charge in [-0.15, -0.1) is 0 Å². The van der Waals surface area contributed by atoms with Gasteiger partial charge in [-0.05, 0) is 45.8 Å². The molecule has 27 heavy (non-hydrogen) atoms. The van der Waals surface area contributed by atoms with E-state index in [1.165, 1.54) is 5.56 Å². The van der Waals surface area contributed by atoms with Crippen LogP contribution >= 0.6 is 0 Å². The molecule has 1 N–H and O–H groups in total. The fraction of sp³-hybridized carbons (Fsp3) is 0.667. The second-order valence-corrected chi connectivity index (χ2v) is 7.86. The Bertz CT molecular complexity index is 616. The van der Waals surface area contributed by atoms with Crippen LogP contribution in [0.1, 0.15) is 31.7 Å². The van der Waals surface area contributed by atoms with Crippen LogP contribution in [-0.4, -0.2) is 84.9 Å². The molecule has 0 aliphatic carbocycles. The minimum absolute atomic E-state index is 0.203. The maximum absolute atomic E-state index is 11.9. The van der Waals surface area contributed by atoms with E-state index >= 15 is 0 Å². The molecule has 3 rings (SSSR count). The number of piperidine rings is 2. The Kier molecular flexibility index (Phi) is 6.40. The number of likely N-dealkylation sites (tertiary alicyclic amines) is 2. The summed E-state index contributed by atoms with van der Waals surface area (Å²) >= 11 is 0. The maximum atomic E-state index is 11.9. The molecule has 150 valence electrons. The van der Waals surface area contributed by atoms with Crippen LogP contribution in [0.2, 0.25) is 0 Å². The molecule has 2 heterocycles. The molecule has 1 aromatic rings. The number of nitrogens with zero attached hydrogens (tertiary/aromatic N) is 3. The van der Waals surface area contributed by atoms with Crippen LogP contribution in [0.3, 0.4) is 0 Å². The summed E-state index contributed by atoms with van der Waals surface area (Å²) in [5.74, 6) is 0. The first-order chi connectivity index (χ1) is 13.0. The van der Waals surface area contributed by atoms with E-state index in [4.69, 9.17) is 4.74 Å². The van der Waals surface area contributed by atoms with Gasteiger partial charge >= 0.3 is 6.09 Å². The predicted octanol–water partition coefficient (Wildman–Crippen LogP) is 2.13. The Hall–Kier alpha value is -1.63. The first-order valence-electron chi connectivity index (χ1n) is 10.1. The normalized spacial score (nSPS) is 27.7. The zero-order chi connectivity index (χ0) is 19.4. The van der Waals surface area contributed by atoms with Crippen LogP contribution in [0.5, 0.6) is 0 Å². The van der Waals surface area contributed by atoms with Gasteiger partial charge in [0.1, 0.15) is 0 Å². The molecule has 0 spiro atoms. The molecule has 1 aromatic carbocycles. The van der Waals surface area contributed by atoms with E-state index in [1.54, 1.807) is 4.90 Å². The molecule has 6 heteroatoms. The van der Waals surface area contributed by atoms with Crippen LogP contribution in [0.15, 0.2) is 30.3 Å². The SMILES string of the molecule is CCOC(=O)N1CCC(N2CC[C@@](c3ccccc3)(N(C)C)[C@H](O)C2)CC1. The third-order valence-corrected chi connectivity index (χ3v) is 6.32. The molecule has 0 saturated carbocycles. The van der Waals surface area contributed by atoms with Gasteiger partial charge < -0.3 is 14.7 Å². The van der Waals surface area contributed by atoms with E-state index in [-0.39, 0.29) is 11.6 Å². The van der Waals surface area contributed by atoms with Crippen LogP contribution in [0.25, 0.3) is 0 Å². The lowest BCUT2D eigenvalue weighted by Crippen LogP contribution is -2.62. The molecule has 2 fully saturated rings. The van der Waals surface area contributed by atoms with Gasteiger partial charge in [0.15, 0.2) is 0 Å². The van der Waals surface area contributed by atoms with Crippen LogP contribution in [0.4, 0.5) is 4.79 Å². The van der Waals surface area contributed by atoms with Crippen molar-refractivity contribution in [1.82, 2.24) is 14.7 Å².